The van der Waals surface area contributed by atoms with Crippen molar-refractivity contribution in [2.24, 2.45) is 0 Å². The summed E-state index contributed by atoms with van der Waals surface area (Å²) in [5.41, 5.74) is 4.64. The minimum atomic E-state index is -0.243. The molecule has 0 spiro atoms. The Kier molecular flexibility index (Phi) is 4.24. The van der Waals surface area contributed by atoms with Crippen molar-refractivity contribution in [2.75, 3.05) is 0 Å². The lowest BCUT2D eigenvalue weighted by Gasteiger charge is -2.02. The number of nitrogens with zero attached hydrogens (tertiary/aromatic N) is 1. The van der Waals surface area contributed by atoms with Crippen molar-refractivity contribution in [3.05, 3.63) is 77.0 Å². The summed E-state index contributed by atoms with van der Waals surface area (Å²) in [6, 6.07) is 17.4. The van der Waals surface area contributed by atoms with Gasteiger partial charge >= 0.3 is 0 Å². The largest absolute Gasteiger partial charge is 0.355 e. The average molecular weight is 306 g/mol. The van der Waals surface area contributed by atoms with E-state index < -0.39 is 0 Å². The molecular formula is C19H18N2O2. The molecule has 3 aromatic rings. The van der Waals surface area contributed by atoms with Crippen molar-refractivity contribution < 1.29 is 9.32 Å². The lowest BCUT2D eigenvalue weighted by molar-refractivity contribution is 0.0942. The predicted octanol–water partition coefficient (Wildman–Crippen LogP) is 3.89. The Labute approximate surface area is 135 Å². The lowest BCUT2D eigenvalue weighted by atomic mass is 10.0. The Bertz CT molecular complexity index is 822. The number of hydrogen-bond acceptors (Lipinski definition) is 3. The molecule has 2 aromatic carbocycles. The summed E-state index contributed by atoms with van der Waals surface area (Å²) in [4.78, 5) is 12.2. The average Bonchev–Trinajstić information content (AvgIpc) is 3.06. The van der Waals surface area contributed by atoms with Crippen LogP contribution in [-0.2, 0) is 6.54 Å². The van der Waals surface area contributed by atoms with E-state index in [1.165, 1.54) is 11.1 Å². The summed E-state index contributed by atoms with van der Waals surface area (Å²) in [5.74, 6) is 0.352. The van der Waals surface area contributed by atoms with Crippen molar-refractivity contribution in [3.8, 4) is 11.3 Å². The number of nitrogens with one attached hydrogen (secondary N) is 1. The van der Waals surface area contributed by atoms with E-state index in [4.69, 9.17) is 4.52 Å². The molecule has 1 heterocycles. The molecule has 0 bridgehead atoms. The van der Waals surface area contributed by atoms with Crippen LogP contribution in [0, 0.1) is 13.8 Å². The summed E-state index contributed by atoms with van der Waals surface area (Å²) in [7, 11) is 0. The highest BCUT2D eigenvalue weighted by Crippen LogP contribution is 2.23. The topological polar surface area (TPSA) is 55.1 Å². The van der Waals surface area contributed by atoms with Gasteiger partial charge in [-0.1, -0.05) is 47.6 Å². The highest BCUT2D eigenvalue weighted by molar-refractivity contribution is 5.93. The quantitative estimate of drug-likeness (QED) is 0.795. The van der Waals surface area contributed by atoms with Gasteiger partial charge in [0.1, 0.15) is 0 Å². The monoisotopic (exact) mass is 306 g/mol. The van der Waals surface area contributed by atoms with Gasteiger partial charge in [0, 0.05) is 18.2 Å². The van der Waals surface area contributed by atoms with Crippen LogP contribution in [0.15, 0.2) is 59.1 Å². The van der Waals surface area contributed by atoms with Gasteiger partial charge in [0.25, 0.3) is 5.91 Å². The molecule has 0 aliphatic carbocycles. The van der Waals surface area contributed by atoms with Gasteiger partial charge in [-0.15, -0.1) is 0 Å². The number of aromatic nitrogens is 1. The number of carbonyl (C=O) groups excluding carboxylic acids is 1. The second-order valence-electron chi connectivity index (χ2n) is 5.54. The van der Waals surface area contributed by atoms with Crippen LogP contribution in [0.1, 0.15) is 27.2 Å². The normalized spacial score (nSPS) is 10.5. The first-order valence-electron chi connectivity index (χ1n) is 7.50. The molecule has 0 aliphatic rings. The van der Waals surface area contributed by atoms with Crippen molar-refractivity contribution in [3.63, 3.8) is 0 Å². The molecule has 0 saturated heterocycles. The molecule has 3 rings (SSSR count). The Morgan fingerprint density at radius 3 is 2.57 bits per heavy atom. The Morgan fingerprint density at radius 1 is 1.04 bits per heavy atom. The van der Waals surface area contributed by atoms with Gasteiger partial charge in [-0.3, -0.25) is 4.79 Å². The Hall–Kier alpha value is -2.88. The summed E-state index contributed by atoms with van der Waals surface area (Å²) >= 11 is 0. The number of aryl methyl sites for hydroxylation is 2. The number of hydrogen-bond donors (Lipinski definition) is 1. The first-order chi connectivity index (χ1) is 11.1. The van der Waals surface area contributed by atoms with Gasteiger partial charge in [-0.2, -0.15) is 0 Å². The predicted molar refractivity (Wildman–Crippen MR) is 89.0 cm³/mol. The first-order valence-corrected chi connectivity index (χ1v) is 7.50. The van der Waals surface area contributed by atoms with Crippen molar-refractivity contribution in [2.45, 2.75) is 20.4 Å². The fourth-order valence-electron chi connectivity index (χ4n) is 2.28. The standard InChI is InChI=1S/C19H18N2O2/c1-13-8-9-16(10-14(13)2)18-11-17(21-23-18)19(22)20-12-15-6-4-3-5-7-15/h3-11H,12H2,1-2H3,(H,20,22). The van der Waals surface area contributed by atoms with Gasteiger partial charge < -0.3 is 9.84 Å². The van der Waals surface area contributed by atoms with Crippen LogP contribution in [0.2, 0.25) is 0 Å². The minimum absolute atomic E-state index is 0.243. The van der Waals surface area contributed by atoms with Crippen molar-refractivity contribution in [1.82, 2.24) is 10.5 Å². The summed E-state index contributed by atoms with van der Waals surface area (Å²) in [6.45, 7) is 4.57. The number of amides is 1. The molecule has 1 amide bonds. The number of carbonyl (C=O) groups is 1. The lowest BCUT2D eigenvalue weighted by Crippen LogP contribution is -2.22. The SMILES string of the molecule is Cc1ccc(-c2cc(C(=O)NCc3ccccc3)no2)cc1C. The van der Waals surface area contributed by atoms with Gasteiger partial charge in [0.2, 0.25) is 0 Å². The van der Waals surface area contributed by atoms with Crippen LogP contribution in [0.5, 0.6) is 0 Å². The van der Waals surface area contributed by atoms with E-state index in [2.05, 4.69) is 17.4 Å². The molecule has 4 nitrogen and oxygen atoms in total. The van der Waals surface area contributed by atoms with Gasteiger partial charge in [0.05, 0.1) is 0 Å². The number of benzene rings is 2. The first kappa shape index (κ1) is 15.0. The molecule has 0 radical (unpaired) electrons. The zero-order valence-electron chi connectivity index (χ0n) is 13.2. The zero-order chi connectivity index (χ0) is 16.2. The molecule has 1 N–H and O–H groups in total. The maximum absolute atomic E-state index is 12.2. The second-order valence-corrected chi connectivity index (χ2v) is 5.54. The highest BCUT2D eigenvalue weighted by Gasteiger charge is 2.13. The van der Waals surface area contributed by atoms with Crippen LogP contribution in [0.3, 0.4) is 0 Å². The van der Waals surface area contributed by atoms with E-state index in [1.807, 2.05) is 55.5 Å². The van der Waals surface area contributed by atoms with Crippen molar-refractivity contribution >= 4 is 5.91 Å². The molecule has 0 atom stereocenters. The molecular weight excluding hydrogens is 288 g/mol. The maximum atomic E-state index is 12.2. The molecule has 116 valence electrons. The van der Waals surface area contributed by atoms with E-state index in [-0.39, 0.29) is 11.6 Å². The Morgan fingerprint density at radius 2 is 1.83 bits per heavy atom. The Balaban J connectivity index is 1.71. The van der Waals surface area contributed by atoms with E-state index in [0.717, 1.165) is 11.1 Å². The third-order valence-electron chi connectivity index (χ3n) is 3.83. The van der Waals surface area contributed by atoms with E-state index in [0.29, 0.717) is 12.3 Å². The third kappa shape index (κ3) is 3.48. The zero-order valence-corrected chi connectivity index (χ0v) is 13.2. The van der Waals surface area contributed by atoms with Gasteiger partial charge in [-0.05, 0) is 36.6 Å². The van der Waals surface area contributed by atoms with E-state index in [1.54, 1.807) is 6.07 Å². The van der Waals surface area contributed by atoms with Crippen molar-refractivity contribution in [1.29, 1.82) is 0 Å². The summed E-state index contributed by atoms with van der Waals surface area (Å²) in [5, 5.41) is 6.71. The minimum Gasteiger partial charge on any atom is -0.355 e. The third-order valence-corrected chi connectivity index (χ3v) is 3.83. The van der Waals surface area contributed by atoms with E-state index in [9.17, 15) is 4.79 Å². The summed E-state index contributed by atoms with van der Waals surface area (Å²) in [6.07, 6.45) is 0. The molecule has 0 fully saturated rings. The molecule has 0 saturated carbocycles. The smallest absolute Gasteiger partial charge is 0.273 e. The molecule has 1 aromatic heterocycles. The fourth-order valence-corrected chi connectivity index (χ4v) is 2.28. The molecule has 0 aliphatic heterocycles. The molecule has 23 heavy (non-hydrogen) atoms. The number of rotatable bonds is 4. The highest BCUT2D eigenvalue weighted by atomic mass is 16.5. The van der Waals surface area contributed by atoms with Gasteiger partial charge in [-0.25, -0.2) is 0 Å². The van der Waals surface area contributed by atoms with E-state index >= 15 is 0 Å². The van der Waals surface area contributed by atoms with Crippen LogP contribution in [-0.4, -0.2) is 11.1 Å². The van der Waals surface area contributed by atoms with Crippen LogP contribution < -0.4 is 5.32 Å². The van der Waals surface area contributed by atoms with Gasteiger partial charge in [0.15, 0.2) is 11.5 Å². The maximum Gasteiger partial charge on any atom is 0.273 e. The molecule has 4 heteroatoms. The summed E-state index contributed by atoms with van der Waals surface area (Å²) < 4.78 is 5.31. The van der Waals surface area contributed by atoms with Crippen LogP contribution in [0.25, 0.3) is 11.3 Å². The van der Waals surface area contributed by atoms with Crippen LogP contribution >= 0.6 is 0 Å². The second kappa shape index (κ2) is 6.48. The fraction of sp³-hybridized carbons (Fsp3) is 0.158. The van der Waals surface area contributed by atoms with Crippen LogP contribution in [0.4, 0.5) is 0 Å². The molecule has 0 unspecified atom stereocenters.